The van der Waals surface area contributed by atoms with E-state index in [2.05, 4.69) is 9.61 Å². The molecule has 0 radical (unpaired) electrons. The van der Waals surface area contributed by atoms with Gasteiger partial charge >= 0.3 is 6.11 Å². The molecule has 1 unspecified atom stereocenters. The molecule has 0 aromatic carbocycles. The van der Waals surface area contributed by atoms with E-state index >= 15 is 0 Å². The van der Waals surface area contributed by atoms with E-state index in [4.69, 9.17) is 27.9 Å². The van der Waals surface area contributed by atoms with Crippen LogP contribution in [-0.4, -0.2) is 25.1 Å². The average molecular weight is 294 g/mol. The number of nitrogens with one attached hydrogen (secondary N) is 1. The minimum atomic E-state index is -3.45. The first-order valence-corrected chi connectivity index (χ1v) is 8.16. The molecular weight excluding hydrogens is 279 g/mol. The average Bonchev–Trinajstić information content (AvgIpc) is 2.69. The maximum absolute atomic E-state index is 13.0. The van der Waals surface area contributed by atoms with Gasteiger partial charge in [0.25, 0.3) is 6.64 Å². The van der Waals surface area contributed by atoms with Gasteiger partial charge in [-0.25, -0.2) is 5.09 Å². The molecule has 96 valence electrons. The molecule has 1 aliphatic rings. The Morgan fingerprint density at radius 3 is 2.50 bits per heavy atom. The zero-order valence-corrected chi connectivity index (χ0v) is 11.4. The van der Waals surface area contributed by atoms with Crippen LogP contribution in [0.15, 0.2) is 0 Å². The first-order valence-electron chi connectivity index (χ1n) is 4.99. The fraction of sp³-hybridized carbons (Fsp3) is 1.00. The Labute approximate surface area is 104 Å². The molecule has 3 nitrogen and oxygen atoms in total. The van der Waals surface area contributed by atoms with Crippen LogP contribution in [0, 0.1) is 0 Å². The molecule has 0 spiro atoms. The molecular formula is C8H15ClF2NO2PS. The summed E-state index contributed by atoms with van der Waals surface area (Å²) < 4.78 is 35.4. The largest absolute Gasteiger partial charge is 0.375 e. The number of alkyl halides is 3. The Hall–Kier alpha value is 0.680. The third kappa shape index (κ3) is 4.51. The van der Waals surface area contributed by atoms with Gasteiger partial charge < -0.3 is 4.52 Å². The first-order chi connectivity index (χ1) is 7.41. The van der Waals surface area contributed by atoms with Gasteiger partial charge in [-0.1, -0.05) is 12.8 Å². The summed E-state index contributed by atoms with van der Waals surface area (Å²) in [7, 11) is 1.27. The zero-order valence-electron chi connectivity index (χ0n) is 8.92. The van der Waals surface area contributed by atoms with Crippen LogP contribution in [0.1, 0.15) is 25.7 Å². The van der Waals surface area contributed by atoms with Crippen molar-refractivity contribution in [1.29, 1.82) is 0 Å². The molecule has 1 atom stereocenters. The van der Waals surface area contributed by atoms with Gasteiger partial charge in [-0.3, -0.25) is 4.52 Å². The second-order valence-corrected chi connectivity index (χ2v) is 7.16. The van der Waals surface area contributed by atoms with Gasteiger partial charge in [0.15, 0.2) is 0 Å². The number of hydrogen-bond donors (Lipinski definition) is 1. The number of hydrogen-bond acceptors (Lipinski definition) is 3. The summed E-state index contributed by atoms with van der Waals surface area (Å²) in [5.74, 6) is -0.929. The number of halogens is 3. The molecule has 0 aromatic heterocycles. The van der Waals surface area contributed by atoms with Crippen molar-refractivity contribution in [2.24, 2.45) is 0 Å². The van der Waals surface area contributed by atoms with E-state index in [9.17, 15) is 8.78 Å². The molecule has 0 aliphatic heterocycles. The van der Waals surface area contributed by atoms with Gasteiger partial charge in [0.2, 0.25) is 0 Å². The van der Waals surface area contributed by atoms with Crippen LogP contribution in [-0.2, 0) is 20.9 Å². The summed E-state index contributed by atoms with van der Waals surface area (Å²) in [4.78, 5) is 0. The third-order valence-electron chi connectivity index (χ3n) is 2.35. The van der Waals surface area contributed by atoms with E-state index in [1.54, 1.807) is 0 Å². The molecule has 0 amide bonds. The highest BCUT2D eigenvalue weighted by Crippen LogP contribution is 2.49. The molecule has 0 bridgehead atoms. The van der Waals surface area contributed by atoms with Gasteiger partial charge in [-0.05, 0) is 24.6 Å². The monoisotopic (exact) mass is 293 g/mol. The molecule has 1 aliphatic carbocycles. The fourth-order valence-corrected chi connectivity index (χ4v) is 3.85. The summed E-state index contributed by atoms with van der Waals surface area (Å²) in [6.07, 6.45) is 0.527. The summed E-state index contributed by atoms with van der Waals surface area (Å²) >= 11 is 10.1. The van der Waals surface area contributed by atoms with Crippen molar-refractivity contribution < 1.29 is 17.8 Å². The van der Waals surface area contributed by atoms with Crippen LogP contribution < -0.4 is 5.09 Å². The second-order valence-electron chi connectivity index (χ2n) is 3.65. The predicted molar refractivity (Wildman–Crippen MR) is 63.4 cm³/mol. The lowest BCUT2D eigenvalue weighted by molar-refractivity contribution is -0.157. The molecule has 8 heteroatoms. The molecule has 0 aromatic rings. The first kappa shape index (κ1) is 14.7. The van der Waals surface area contributed by atoms with E-state index in [0.717, 1.165) is 25.7 Å². The van der Waals surface area contributed by atoms with Crippen LogP contribution in [0.25, 0.3) is 0 Å². The van der Waals surface area contributed by atoms with Crippen molar-refractivity contribution in [2.45, 2.75) is 37.8 Å². The zero-order chi connectivity index (χ0) is 12.2. The van der Waals surface area contributed by atoms with Crippen molar-refractivity contribution in [2.75, 3.05) is 13.0 Å². The predicted octanol–water partition coefficient (Wildman–Crippen LogP) is 3.24. The van der Waals surface area contributed by atoms with E-state index in [0.29, 0.717) is 0 Å². The molecule has 1 saturated carbocycles. The van der Waals surface area contributed by atoms with Crippen LogP contribution in [0.4, 0.5) is 8.78 Å². The van der Waals surface area contributed by atoms with Crippen LogP contribution >= 0.6 is 18.2 Å². The molecule has 0 saturated heterocycles. The quantitative estimate of drug-likeness (QED) is 0.601. The topological polar surface area (TPSA) is 30.5 Å². The van der Waals surface area contributed by atoms with Gasteiger partial charge in [0.05, 0.1) is 0 Å². The van der Waals surface area contributed by atoms with Crippen molar-refractivity contribution in [3.8, 4) is 0 Å². The highest BCUT2D eigenvalue weighted by Gasteiger charge is 2.38. The highest BCUT2D eigenvalue weighted by molar-refractivity contribution is 8.09. The van der Waals surface area contributed by atoms with E-state index in [1.165, 1.54) is 7.11 Å². The van der Waals surface area contributed by atoms with E-state index in [1.807, 2.05) is 0 Å². The smallest absolute Gasteiger partial charge is 0.321 e. The lowest BCUT2D eigenvalue weighted by Crippen LogP contribution is -2.30. The van der Waals surface area contributed by atoms with Crippen LogP contribution in [0.3, 0.4) is 0 Å². The molecule has 16 heavy (non-hydrogen) atoms. The third-order valence-corrected chi connectivity index (χ3v) is 5.31. The van der Waals surface area contributed by atoms with Crippen LogP contribution in [0.2, 0.25) is 0 Å². The minimum Gasteiger partial charge on any atom is -0.321 e. The van der Waals surface area contributed by atoms with Crippen molar-refractivity contribution in [3.63, 3.8) is 0 Å². The Bertz CT molecular complexity index is 277. The lowest BCUT2D eigenvalue weighted by atomic mass is 10.3. The standard InChI is InChI=1S/C8H15ClF2NO2PS/c1-13-15(16,14-8(10,11)6-9)12-7-4-2-3-5-7/h7H,2-6H2,1H3,(H,12,16). The highest BCUT2D eigenvalue weighted by atomic mass is 35.5. The maximum atomic E-state index is 13.0. The molecule has 1 N–H and O–H groups in total. The Balaban J connectivity index is 2.58. The van der Waals surface area contributed by atoms with Gasteiger partial charge in [0.1, 0.15) is 5.88 Å². The summed E-state index contributed by atoms with van der Waals surface area (Å²) in [6.45, 7) is -3.14. The van der Waals surface area contributed by atoms with E-state index < -0.39 is 18.6 Å². The summed E-state index contributed by atoms with van der Waals surface area (Å²) in [5, 5.41) is 2.88. The maximum Gasteiger partial charge on any atom is 0.375 e. The molecule has 1 rings (SSSR count). The van der Waals surface area contributed by atoms with Crippen molar-refractivity contribution in [1.82, 2.24) is 5.09 Å². The van der Waals surface area contributed by atoms with Gasteiger partial charge in [0, 0.05) is 13.2 Å². The van der Waals surface area contributed by atoms with E-state index in [-0.39, 0.29) is 6.04 Å². The molecule has 1 fully saturated rings. The van der Waals surface area contributed by atoms with Gasteiger partial charge in [-0.15, -0.1) is 11.6 Å². The second kappa shape index (κ2) is 6.03. The Kier molecular flexibility index (Phi) is 5.55. The normalized spacial score (nSPS) is 22.2. The van der Waals surface area contributed by atoms with Crippen LogP contribution in [0.5, 0.6) is 0 Å². The SMILES string of the molecule is COP(=S)(NC1CCCC1)OC(F)(F)CCl. The van der Waals surface area contributed by atoms with Crippen molar-refractivity contribution >= 4 is 30.1 Å². The van der Waals surface area contributed by atoms with Gasteiger partial charge in [-0.2, -0.15) is 8.78 Å². The fourth-order valence-electron chi connectivity index (χ4n) is 1.60. The lowest BCUT2D eigenvalue weighted by Gasteiger charge is -2.27. The Morgan fingerprint density at radius 1 is 1.50 bits per heavy atom. The minimum absolute atomic E-state index is 0.108. The summed E-state index contributed by atoms with van der Waals surface area (Å²) in [6, 6.07) is 0.108. The molecule has 0 heterocycles. The Morgan fingerprint density at radius 2 is 2.06 bits per heavy atom. The number of rotatable bonds is 6. The van der Waals surface area contributed by atoms with Crippen molar-refractivity contribution in [3.05, 3.63) is 0 Å². The summed E-state index contributed by atoms with van der Waals surface area (Å²) in [5.41, 5.74) is 0.